The molecule has 0 saturated heterocycles. The molecule has 4 aromatic rings. The van der Waals surface area contributed by atoms with Gasteiger partial charge in [0, 0.05) is 18.3 Å². The van der Waals surface area contributed by atoms with E-state index in [1.807, 2.05) is 0 Å². The Balaban J connectivity index is 1.62. The van der Waals surface area contributed by atoms with Crippen LogP contribution in [0.3, 0.4) is 0 Å². The highest BCUT2D eigenvalue weighted by Crippen LogP contribution is 2.29. The molecule has 0 saturated carbocycles. The van der Waals surface area contributed by atoms with Crippen LogP contribution in [-0.2, 0) is 19.3 Å². The van der Waals surface area contributed by atoms with Gasteiger partial charge in [0.15, 0.2) is 11.5 Å². The molecule has 0 atom stereocenters. The number of hydrogen-bond donors (Lipinski definition) is 0. The minimum Gasteiger partial charge on any atom is -0.245 e. The fourth-order valence-corrected chi connectivity index (χ4v) is 2.92. The van der Waals surface area contributed by atoms with Gasteiger partial charge in [-0.15, -0.1) is 5.10 Å². The van der Waals surface area contributed by atoms with Crippen LogP contribution in [0, 0.1) is 0 Å². The van der Waals surface area contributed by atoms with E-state index in [2.05, 4.69) is 25.1 Å². The lowest BCUT2D eigenvalue weighted by Gasteiger charge is -2.06. The number of fused-ring (bicyclic) bond motifs is 1. The van der Waals surface area contributed by atoms with Crippen LogP contribution in [-0.4, -0.2) is 34.5 Å². The van der Waals surface area contributed by atoms with E-state index in [1.165, 1.54) is 4.68 Å². The zero-order valence-electron chi connectivity index (χ0n) is 14.5. The first-order valence-corrected chi connectivity index (χ1v) is 8.68. The molecule has 0 aliphatic carbocycles. The van der Waals surface area contributed by atoms with Gasteiger partial charge < -0.3 is 0 Å². The molecule has 0 bridgehead atoms. The quantitative estimate of drug-likeness (QED) is 0.481. The van der Waals surface area contributed by atoms with Gasteiger partial charge in [0.25, 0.3) is 5.82 Å². The Morgan fingerprint density at radius 1 is 1.04 bits per heavy atom. The summed E-state index contributed by atoms with van der Waals surface area (Å²) in [6.45, 7) is 2.41. The molecule has 3 heterocycles. The number of aromatic nitrogens is 7. The molecule has 144 valence electrons. The van der Waals surface area contributed by atoms with Crippen LogP contribution in [0.1, 0.15) is 18.3 Å². The first-order valence-electron chi connectivity index (χ1n) is 8.30. The largest absolute Gasteiger partial charge is 0.453 e. The Morgan fingerprint density at radius 3 is 2.46 bits per heavy atom. The molecular formula is C17H13ClF3N7. The van der Waals surface area contributed by atoms with Gasteiger partial charge in [-0.2, -0.15) is 23.3 Å². The van der Waals surface area contributed by atoms with E-state index in [9.17, 15) is 13.2 Å². The Labute approximate surface area is 161 Å². The zero-order chi connectivity index (χ0) is 19.9. The van der Waals surface area contributed by atoms with Crippen molar-refractivity contribution in [1.29, 1.82) is 0 Å². The minimum atomic E-state index is -4.58. The summed E-state index contributed by atoms with van der Waals surface area (Å²) in [5, 5.41) is 8.71. The van der Waals surface area contributed by atoms with E-state index in [0.29, 0.717) is 17.8 Å². The molecule has 11 heteroatoms. The highest BCUT2D eigenvalue weighted by molar-refractivity contribution is 6.28. The lowest BCUT2D eigenvalue weighted by molar-refractivity contribution is -0.144. The number of alkyl halides is 3. The molecule has 3 aromatic heterocycles. The Bertz CT molecular complexity index is 1130. The number of hydrogen-bond acceptors (Lipinski definition) is 5. The summed E-state index contributed by atoms with van der Waals surface area (Å²) in [7, 11) is 0. The first-order chi connectivity index (χ1) is 13.3. The number of benzene rings is 1. The first kappa shape index (κ1) is 18.4. The number of nitrogens with zero attached hydrogens (tertiary/aromatic N) is 7. The third kappa shape index (κ3) is 3.42. The van der Waals surface area contributed by atoms with E-state index in [1.54, 1.807) is 48.3 Å². The van der Waals surface area contributed by atoms with Crippen molar-refractivity contribution >= 4 is 22.6 Å². The van der Waals surface area contributed by atoms with Gasteiger partial charge in [-0.3, -0.25) is 0 Å². The summed E-state index contributed by atoms with van der Waals surface area (Å²) in [6.07, 6.45) is -1.35. The van der Waals surface area contributed by atoms with Crippen molar-refractivity contribution in [2.45, 2.75) is 26.2 Å². The maximum atomic E-state index is 12.9. The van der Waals surface area contributed by atoms with Crippen molar-refractivity contribution in [3.05, 3.63) is 53.3 Å². The van der Waals surface area contributed by atoms with Gasteiger partial charge in [-0.25, -0.2) is 19.3 Å². The summed E-state index contributed by atoms with van der Waals surface area (Å²) in [5.74, 6) is -0.974. The summed E-state index contributed by atoms with van der Waals surface area (Å²) >= 11 is 5.84. The molecular weight excluding hydrogens is 395 g/mol. The fraction of sp³-hybridized carbons (Fsp3) is 0.235. The smallest absolute Gasteiger partial charge is 0.245 e. The van der Waals surface area contributed by atoms with E-state index in [-0.39, 0.29) is 17.7 Å². The SMILES string of the molecule is CCn1nc(C(F)(F)F)nc1-c1ccc(Cn2ncc3cnc(Cl)nc32)cc1. The van der Waals surface area contributed by atoms with Crippen LogP contribution >= 0.6 is 11.6 Å². The normalized spacial score (nSPS) is 12.0. The lowest BCUT2D eigenvalue weighted by atomic mass is 10.1. The summed E-state index contributed by atoms with van der Waals surface area (Å²) in [6, 6.07) is 7.01. The van der Waals surface area contributed by atoms with Crippen LogP contribution < -0.4 is 0 Å². The highest BCUT2D eigenvalue weighted by atomic mass is 35.5. The van der Waals surface area contributed by atoms with Crippen molar-refractivity contribution < 1.29 is 13.2 Å². The number of rotatable bonds is 4. The molecule has 7 nitrogen and oxygen atoms in total. The van der Waals surface area contributed by atoms with Gasteiger partial charge >= 0.3 is 6.18 Å². The lowest BCUT2D eigenvalue weighted by Crippen LogP contribution is -2.08. The van der Waals surface area contributed by atoms with Gasteiger partial charge in [-0.05, 0) is 24.1 Å². The van der Waals surface area contributed by atoms with Crippen molar-refractivity contribution in [1.82, 2.24) is 34.5 Å². The van der Waals surface area contributed by atoms with Crippen molar-refractivity contribution in [2.24, 2.45) is 0 Å². The van der Waals surface area contributed by atoms with Crippen molar-refractivity contribution in [3.8, 4) is 11.4 Å². The monoisotopic (exact) mass is 407 g/mol. The predicted octanol–water partition coefficient (Wildman–Crippen LogP) is 3.83. The second-order valence-corrected chi connectivity index (χ2v) is 6.33. The Morgan fingerprint density at radius 2 is 1.79 bits per heavy atom. The summed E-state index contributed by atoms with van der Waals surface area (Å²) in [4.78, 5) is 11.7. The number of halogens is 4. The summed E-state index contributed by atoms with van der Waals surface area (Å²) < 4.78 is 41.6. The maximum Gasteiger partial charge on any atom is 0.453 e. The Hall–Kier alpha value is -3.01. The van der Waals surface area contributed by atoms with Gasteiger partial charge in [0.2, 0.25) is 5.28 Å². The van der Waals surface area contributed by atoms with Gasteiger partial charge in [0.1, 0.15) is 0 Å². The van der Waals surface area contributed by atoms with E-state index >= 15 is 0 Å². The van der Waals surface area contributed by atoms with Crippen LogP contribution in [0.25, 0.3) is 22.4 Å². The van der Waals surface area contributed by atoms with Gasteiger partial charge in [-0.1, -0.05) is 24.3 Å². The molecule has 0 spiro atoms. The van der Waals surface area contributed by atoms with E-state index in [0.717, 1.165) is 10.9 Å². The molecule has 4 rings (SSSR count). The Kier molecular flexibility index (Phi) is 4.50. The average molecular weight is 408 g/mol. The molecule has 0 radical (unpaired) electrons. The molecule has 0 aliphatic rings. The molecule has 0 fully saturated rings. The van der Waals surface area contributed by atoms with Crippen LogP contribution in [0.5, 0.6) is 0 Å². The van der Waals surface area contributed by atoms with Crippen LogP contribution in [0.4, 0.5) is 13.2 Å². The second-order valence-electron chi connectivity index (χ2n) is 5.99. The van der Waals surface area contributed by atoms with Crippen molar-refractivity contribution in [2.75, 3.05) is 0 Å². The molecule has 1 aromatic carbocycles. The zero-order valence-corrected chi connectivity index (χ0v) is 15.3. The topological polar surface area (TPSA) is 74.3 Å². The van der Waals surface area contributed by atoms with Crippen LogP contribution in [0.15, 0.2) is 36.7 Å². The third-order valence-electron chi connectivity index (χ3n) is 4.12. The number of aryl methyl sites for hydroxylation is 1. The molecule has 0 amide bonds. The predicted molar refractivity (Wildman–Crippen MR) is 95.6 cm³/mol. The fourth-order valence-electron chi connectivity index (χ4n) is 2.79. The molecule has 0 aliphatic heterocycles. The van der Waals surface area contributed by atoms with E-state index < -0.39 is 12.0 Å². The maximum absolute atomic E-state index is 12.9. The van der Waals surface area contributed by atoms with Crippen LogP contribution in [0.2, 0.25) is 5.28 Å². The van der Waals surface area contributed by atoms with Gasteiger partial charge in [0.05, 0.1) is 18.1 Å². The summed E-state index contributed by atoms with van der Waals surface area (Å²) in [5.41, 5.74) is 2.04. The van der Waals surface area contributed by atoms with Crippen molar-refractivity contribution in [3.63, 3.8) is 0 Å². The second kappa shape index (κ2) is 6.86. The molecule has 28 heavy (non-hydrogen) atoms. The average Bonchev–Trinajstić information content (AvgIpc) is 3.27. The molecule has 0 N–H and O–H groups in total. The highest BCUT2D eigenvalue weighted by Gasteiger charge is 2.37. The standard InChI is InChI=1S/C17H13ClF3N7/c1-2-27-13(24-15(26-27)17(19,20)21)11-5-3-10(4-6-11)9-28-14-12(8-23-28)7-22-16(18)25-14/h3-8H,2,9H2,1H3. The minimum absolute atomic E-state index is 0.129. The van der Waals surface area contributed by atoms with E-state index in [4.69, 9.17) is 11.6 Å². The molecule has 0 unspecified atom stereocenters. The third-order valence-corrected chi connectivity index (χ3v) is 4.30.